The lowest BCUT2D eigenvalue weighted by Crippen LogP contribution is -2.01. The Balaban J connectivity index is 2.92. The molecule has 1 rings (SSSR count). The number of aryl methyl sites for hydroxylation is 2. The van der Waals surface area contributed by atoms with E-state index in [0.717, 1.165) is 22.4 Å². The Morgan fingerprint density at radius 1 is 1.33 bits per heavy atom. The number of benzene rings is 1. The van der Waals surface area contributed by atoms with Crippen LogP contribution in [0, 0.1) is 13.8 Å². The average molecular weight is 208 g/mol. The first-order chi connectivity index (χ1) is 7.04. The molecule has 1 aromatic carbocycles. The lowest BCUT2D eigenvalue weighted by atomic mass is 9.98. The minimum absolute atomic E-state index is 0.175. The summed E-state index contributed by atoms with van der Waals surface area (Å²) >= 11 is 0. The molecular weight excluding hydrogens is 192 g/mol. The van der Waals surface area contributed by atoms with Gasteiger partial charge in [-0.2, -0.15) is 0 Å². The summed E-state index contributed by atoms with van der Waals surface area (Å²) in [5.41, 5.74) is 3.29. The average Bonchev–Trinajstić information content (AvgIpc) is 2.15. The molecule has 3 heteroatoms. The van der Waals surface area contributed by atoms with Crippen LogP contribution in [0.15, 0.2) is 12.1 Å². The fourth-order valence-electron chi connectivity index (χ4n) is 1.70. The van der Waals surface area contributed by atoms with Gasteiger partial charge in [-0.25, -0.2) is 0 Å². The van der Waals surface area contributed by atoms with Crippen LogP contribution in [-0.4, -0.2) is 18.2 Å². The Labute approximate surface area is 89.7 Å². The molecule has 0 heterocycles. The van der Waals surface area contributed by atoms with Crippen LogP contribution in [-0.2, 0) is 11.2 Å². The van der Waals surface area contributed by atoms with Gasteiger partial charge in [0.1, 0.15) is 5.75 Å². The molecule has 0 aliphatic rings. The van der Waals surface area contributed by atoms with Crippen molar-refractivity contribution in [3.63, 3.8) is 0 Å². The molecule has 0 bridgehead atoms. The predicted molar refractivity (Wildman–Crippen MR) is 58.4 cm³/mol. The second kappa shape index (κ2) is 4.82. The molecule has 0 aliphatic heterocycles. The first-order valence-electron chi connectivity index (χ1n) is 4.90. The van der Waals surface area contributed by atoms with Gasteiger partial charge in [-0.1, -0.05) is 0 Å². The molecule has 1 aromatic rings. The highest BCUT2D eigenvalue weighted by atomic mass is 16.5. The Bertz CT molecular complexity index is 346. The first kappa shape index (κ1) is 11.6. The third-order valence-electron chi connectivity index (χ3n) is 2.49. The quantitative estimate of drug-likeness (QED) is 0.826. The summed E-state index contributed by atoms with van der Waals surface area (Å²) in [7, 11) is 1.63. The van der Waals surface area contributed by atoms with Gasteiger partial charge in [0, 0.05) is 6.42 Å². The van der Waals surface area contributed by atoms with Gasteiger partial charge in [0.25, 0.3) is 0 Å². The second-order valence-electron chi connectivity index (χ2n) is 3.63. The summed E-state index contributed by atoms with van der Waals surface area (Å²) < 4.78 is 5.14. The zero-order valence-electron chi connectivity index (χ0n) is 9.33. The monoisotopic (exact) mass is 208 g/mol. The third-order valence-corrected chi connectivity index (χ3v) is 2.49. The van der Waals surface area contributed by atoms with E-state index in [1.54, 1.807) is 7.11 Å². The molecule has 1 N–H and O–H groups in total. The Hall–Kier alpha value is -1.51. The molecule has 0 spiro atoms. The minimum Gasteiger partial charge on any atom is -0.497 e. The second-order valence-corrected chi connectivity index (χ2v) is 3.63. The summed E-state index contributed by atoms with van der Waals surface area (Å²) in [6, 6.07) is 3.87. The van der Waals surface area contributed by atoms with Crippen LogP contribution in [0.2, 0.25) is 0 Å². The number of hydrogen-bond donors (Lipinski definition) is 1. The van der Waals surface area contributed by atoms with Gasteiger partial charge in [0.05, 0.1) is 7.11 Å². The highest BCUT2D eigenvalue weighted by Gasteiger charge is 2.07. The SMILES string of the molecule is COc1cc(C)c(CCC(=O)O)c(C)c1. The molecule has 0 atom stereocenters. The van der Waals surface area contributed by atoms with Crippen LogP contribution in [0.5, 0.6) is 5.75 Å². The van der Waals surface area contributed by atoms with Crippen molar-refractivity contribution in [2.75, 3.05) is 7.11 Å². The number of methoxy groups -OCH3 is 1. The molecule has 0 saturated heterocycles. The largest absolute Gasteiger partial charge is 0.497 e. The normalized spacial score (nSPS) is 10.1. The van der Waals surface area contributed by atoms with E-state index in [1.807, 2.05) is 26.0 Å². The predicted octanol–water partition coefficient (Wildman–Crippen LogP) is 2.33. The van der Waals surface area contributed by atoms with Crippen molar-refractivity contribution in [2.24, 2.45) is 0 Å². The number of aliphatic carboxylic acids is 1. The minimum atomic E-state index is -0.760. The van der Waals surface area contributed by atoms with Crippen molar-refractivity contribution in [3.8, 4) is 5.75 Å². The lowest BCUT2D eigenvalue weighted by Gasteiger charge is -2.11. The third kappa shape index (κ3) is 2.98. The van der Waals surface area contributed by atoms with E-state index in [-0.39, 0.29) is 6.42 Å². The molecular formula is C12H16O3. The first-order valence-corrected chi connectivity index (χ1v) is 4.90. The standard InChI is InChI=1S/C12H16O3/c1-8-6-10(15-3)7-9(2)11(8)4-5-12(13)14/h6-7H,4-5H2,1-3H3,(H,13,14). The summed E-state index contributed by atoms with van der Waals surface area (Å²) in [4.78, 5) is 10.5. The topological polar surface area (TPSA) is 46.5 Å². The number of ether oxygens (including phenoxy) is 1. The van der Waals surface area contributed by atoms with Gasteiger partial charge in [-0.15, -0.1) is 0 Å². The van der Waals surface area contributed by atoms with E-state index >= 15 is 0 Å². The van der Waals surface area contributed by atoms with Gasteiger partial charge in [0.15, 0.2) is 0 Å². The van der Waals surface area contributed by atoms with Crippen LogP contribution in [0.4, 0.5) is 0 Å². The molecule has 0 aliphatic carbocycles. The molecule has 0 aromatic heterocycles. The summed E-state index contributed by atoms with van der Waals surface area (Å²) in [6.07, 6.45) is 0.755. The Kier molecular flexibility index (Phi) is 3.72. The number of hydrogen-bond acceptors (Lipinski definition) is 2. The van der Waals surface area contributed by atoms with Crippen molar-refractivity contribution in [1.82, 2.24) is 0 Å². The highest BCUT2D eigenvalue weighted by molar-refractivity contribution is 5.67. The van der Waals surface area contributed by atoms with Crippen LogP contribution < -0.4 is 4.74 Å². The van der Waals surface area contributed by atoms with Crippen molar-refractivity contribution >= 4 is 5.97 Å². The van der Waals surface area contributed by atoms with E-state index in [9.17, 15) is 4.79 Å². The van der Waals surface area contributed by atoms with Gasteiger partial charge >= 0.3 is 5.97 Å². The van der Waals surface area contributed by atoms with E-state index in [4.69, 9.17) is 9.84 Å². The zero-order chi connectivity index (χ0) is 11.4. The van der Waals surface area contributed by atoms with Crippen molar-refractivity contribution < 1.29 is 14.6 Å². The van der Waals surface area contributed by atoms with Gasteiger partial charge in [-0.05, 0) is 49.1 Å². The highest BCUT2D eigenvalue weighted by Crippen LogP contribution is 2.22. The fourth-order valence-corrected chi connectivity index (χ4v) is 1.70. The van der Waals surface area contributed by atoms with Crippen molar-refractivity contribution in [1.29, 1.82) is 0 Å². The molecule has 15 heavy (non-hydrogen) atoms. The smallest absolute Gasteiger partial charge is 0.303 e. The molecule has 0 fully saturated rings. The summed E-state index contributed by atoms with van der Waals surface area (Å²) in [5.74, 6) is 0.0636. The lowest BCUT2D eigenvalue weighted by molar-refractivity contribution is -0.136. The molecule has 0 radical (unpaired) electrons. The number of carboxylic acids is 1. The van der Waals surface area contributed by atoms with Gasteiger partial charge in [-0.3, -0.25) is 4.79 Å². The van der Waals surface area contributed by atoms with Crippen LogP contribution in [0.1, 0.15) is 23.1 Å². The maximum atomic E-state index is 10.5. The van der Waals surface area contributed by atoms with E-state index in [0.29, 0.717) is 6.42 Å². The van der Waals surface area contributed by atoms with Gasteiger partial charge < -0.3 is 9.84 Å². The number of rotatable bonds is 4. The van der Waals surface area contributed by atoms with Crippen molar-refractivity contribution in [2.45, 2.75) is 26.7 Å². The zero-order valence-corrected chi connectivity index (χ0v) is 9.33. The van der Waals surface area contributed by atoms with E-state index < -0.39 is 5.97 Å². The molecule has 0 amide bonds. The van der Waals surface area contributed by atoms with Gasteiger partial charge in [0.2, 0.25) is 0 Å². The van der Waals surface area contributed by atoms with Crippen molar-refractivity contribution in [3.05, 3.63) is 28.8 Å². The summed E-state index contributed by atoms with van der Waals surface area (Å²) in [5, 5.41) is 8.63. The van der Waals surface area contributed by atoms with Crippen LogP contribution in [0.25, 0.3) is 0 Å². The Morgan fingerprint density at radius 3 is 2.27 bits per heavy atom. The maximum absolute atomic E-state index is 10.5. The molecule has 82 valence electrons. The van der Waals surface area contributed by atoms with Crippen LogP contribution >= 0.6 is 0 Å². The van der Waals surface area contributed by atoms with E-state index in [2.05, 4.69) is 0 Å². The molecule has 3 nitrogen and oxygen atoms in total. The van der Waals surface area contributed by atoms with E-state index in [1.165, 1.54) is 0 Å². The number of carboxylic acid groups (broad SMARTS) is 1. The Morgan fingerprint density at radius 2 is 1.87 bits per heavy atom. The van der Waals surface area contributed by atoms with Crippen LogP contribution in [0.3, 0.4) is 0 Å². The number of carbonyl (C=O) groups is 1. The summed E-state index contributed by atoms with van der Waals surface area (Å²) in [6.45, 7) is 3.96. The fraction of sp³-hybridized carbons (Fsp3) is 0.417. The maximum Gasteiger partial charge on any atom is 0.303 e. The molecule has 0 saturated carbocycles. The molecule has 0 unspecified atom stereocenters.